The Morgan fingerprint density at radius 2 is 1.54 bits per heavy atom. The van der Waals surface area contributed by atoms with E-state index in [1.54, 1.807) is 50.6 Å². The lowest BCUT2D eigenvalue weighted by atomic mass is 10.1. The first kappa shape index (κ1) is 19.0. The molecule has 28 heavy (non-hydrogen) atoms. The maximum absolute atomic E-state index is 12.2. The normalized spacial score (nSPS) is 10.2. The number of nitrogens with one attached hydrogen (secondary N) is 2. The van der Waals surface area contributed by atoms with Gasteiger partial charge in [-0.2, -0.15) is 5.10 Å². The van der Waals surface area contributed by atoms with Gasteiger partial charge in [-0.15, -0.1) is 0 Å². The SMILES string of the molecule is COc1ccc(NC(=O)Nc2ccc(-c3ccc(=O)n(C)n3)cc2)cc1OC. The molecule has 0 aliphatic heterocycles. The van der Waals surface area contributed by atoms with Gasteiger partial charge in [-0.3, -0.25) is 4.79 Å². The standard InChI is InChI=1S/C20H20N4O4/c1-24-19(25)11-9-16(23-24)13-4-6-14(7-5-13)21-20(26)22-15-8-10-17(27-2)18(12-15)28-3/h4-12H,1-3H3,(H2,21,22,26). The average molecular weight is 380 g/mol. The third-order valence-electron chi connectivity index (χ3n) is 4.04. The molecule has 0 atom stereocenters. The summed E-state index contributed by atoms with van der Waals surface area (Å²) in [5.74, 6) is 1.10. The molecule has 0 radical (unpaired) electrons. The van der Waals surface area contributed by atoms with E-state index < -0.39 is 0 Å². The van der Waals surface area contributed by atoms with E-state index in [0.29, 0.717) is 28.6 Å². The fourth-order valence-corrected chi connectivity index (χ4v) is 2.59. The zero-order valence-electron chi connectivity index (χ0n) is 15.7. The summed E-state index contributed by atoms with van der Waals surface area (Å²) in [4.78, 5) is 23.7. The molecule has 2 amide bonds. The molecule has 0 saturated heterocycles. The third-order valence-corrected chi connectivity index (χ3v) is 4.04. The van der Waals surface area contributed by atoms with E-state index in [1.165, 1.54) is 17.9 Å². The van der Waals surface area contributed by atoms with Crippen molar-refractivity contribution in [2.45, 2.75) is 0 Å². The van der Waals surface area contributed by atoms with Gasteiger partial charge in [0.1, 0.15) is 0 Å². The molecule has 0 spiro atoms. The van der Waals surface area contributed by atoms with E-state index in [4.69, 9.17) is 9.47 Å². The zero-order chi connectivity index (χ0) is 20.1. The van der Waals surface area contributed by atoms with Crippen LogP contribution >= 0.6 is 0 Å². The predicted molar refractivity (Wildman–Crippen MR) is 107 cm³/mol. The molecule has 0 unspecified atom stereocenters. The highest BCUT2D eigenvalue weighted by atomic mass is 16.5. The molecule has 8 nitrogen and oxygen atoms in total. The molecule has 144 valence electrons. The maximum Gasteiger partial charge on any atom is 0.323 e. The van der Waals surface area contributed by atoms with Crippen LogP contribution in [0.5, 0.6) is 11.5 Å². The van der Waals surface area contributed by atoms with Crippen LogP contribution in [0.1, 0.15) is 0 Å². The Bertz CT molecular complexity index is 1040. The van der Waals surface area contributed by atoms with Crippen molar-refractivity contribution in [1.29, 1.82) is 0 Å². The van der Waals surface area contributed by atoms with Crippen LogP contribution in [0.4, 0.5) is 16.2 Å². The predicted octanol–water partition coefficient (Wildman–Crippen LogP) is 3.11. The van der Waals surface area contributed by atoms with Crippen LogP contribution in [-0.4, -0.2) is 30.0 Å². The van der Waals surface area contributed by atoms with Crippen molar-refractivity contribution in [3.63, 3.8) is 0 Å². The van der Waals surface area contributed by atoms with Crippen molar-refractivity contribution in [3.8, 4) is 22.8 Å². The molecular weight excluding hydrogens is 360 g/mol. The first-order chi connectivity index (χ1) is 13.5. The summed E-state index contributed by atoms with van der Waals surface area (Å²) in [5.41, 5.74) is 2.52. The summed E-state index contributed by atoms with van der Waals surface area (Å²) >= 11 is 0. The van der Waals surface area contributed by atoms with E-state index in [9.17, 15) is 9.59 Å². The van der Waals surface area contributed by atoms with E-state index in [-0.39, 0.29) is 11.6 Å². The highest BCUT2D eigenvalue weighted by molar-refractivity contribution is 6.00. The highest BCUT2D eigenvalue weighted by Gasteiger charge is 2.08. The Kier molecular flexibility index (Phi) is 5.59. The minimum absolute atomic E-state index is 0.172. The topological polar surface area (TPSA) is 94.5 Å². The van der Waals surface area contributed by atoms with Crippen molar-refractivity contribution >= 4 is 17.4 Å². The van der Waals surface area contributed by atoms with Crippen LogP contribution < -0.4 is 25.7 Å². The van der Waals surface area contributed by atoms with Gasteiger partial charge in [0.15, 0.2) is 11.5 Å². The van der Waals surface area contributed by atoms with Crippen molar-refractivity contribution in [1.82, 2.24) is 9.78 Å². The van der Waals surface area contributed by atoms with Crippen LogP contribution in [0.15, 0.2) is 59.4 Å². The number of anilines is 2. The number of hydrogen-bond donors (Lipinski definition) is 2. The minimum Gasteiger partial charge on any atom is -0.493 e. The molecule has 2 aromatic carbocycles. The first-order valence-corrected chi connectivity index (χ1v) is 8.45. The Morgan fingerprint density at radius 3 is 2.18 bits per heavy atom. The molecule has 3 aromatic rings. The monoisotopic (exact) mass is 380 g/mol. The van der Waals surface area contributed by atoms with Gasteiger partial charge in [-0.1, -0.05) is 12.1 Å². The summed E-state index contributed by atoms with van der Waals surface area (Å²) in [6, 6.07) is 15.0. The Morgan fingerprint density at radius 1 is 0.893 bits per heavy atom. The maximum atomic E-state index is 12.2. The van der Waals surface area contributed by atoms with Gasteiger partial charge in [0.2, 0.25) is 0 Å². The number of methoxy groups -OCH3 is 2. The number of carbonyl (C=O) groups is 1. The molecule has 8 heteroatoms. The molecular formula is C20H20N4O4. The lowest BCUT2D eigenvalue weighted by molar-refractivity contribution is 0.262. The van der Waals surface area contributed by atoms with Crippen LogP contribution in [0.25, 0.3) is 11.3 Å². The van der Waals surface area contributed by atoms with Crippen LogP contribution in [0.2, 0.25) is 0 Å². The number of rotatable bonds is 5. The molecule has 3 rings (SSSR count). The summed E-state index contributed by atoms with van der Waals surface area (Å²) in [6.07, 6.45) is 0. The number of aryl methyl sites for hydroxylation is 1. The molecule has 2 N–H and O–H groups in total. The number of hydrogen-bond acceptors (Lipinski definition) is 5. The first-order valence-electron chi connectivity index (χ1n) is 8.45. The fourth-order valence-electron chi connectivity index (χ4n) is 2.59. The van der Waals surface area contributed by atoms with Gasteiger partial charge >= 0.3 is 6.03 Å². The molecule has 0 aliphatic carbocycles. The Hall–Kier alpha value is -3.81. The average Bonchev–Trinajstić information content (AvgIpc) is 2.70. The van der Waals surface area contributed by atoms with E-state index in [1.807, 2.05) is 12.1 Å². The van der Waals surface area contributed by atoms with Gasteiger partial charge in [-0.05, 0) is 30.3 Å². The van der Waals surface area contributed by atoms with E-state index >= 15 is 0 Å². The highest BCUT2D eigenvalue weighted by Crippen LogP contribution is 2.29. The smallest absolute Gasteiger partial charge is 0.323 e. The summed E-state index contributed by atoms with van der Waals surface area (Å²) in [6.45, 7) is 0. The van der Waals surface area contributed by atoms with Crippen LogP contribution in [0, 0.1) is 0 Å². The van der Waals surface area contributed by atoms with E-state index in [0.717, 1.165) is 5.56 Å². The van der Waals surface area contributed by atoms with E-state index in [2.05, 4.69) is 15.7 Å². The zero-order valence-corrected chi connectivity index (χ0v) is 15.7. The second-order valence-corrected chi connectivity index (χ2v) is 5.91. The molecule has 0 bridgehead atoms. The third kappa shape index (κ3) is 4.29. The van der Waals surface area contributed by atoms with Gasteiger partial charge < -0.3 is 20.1 Å². The Balaban J connectivity index is 1.67. The molecule has 0 fully saturated rings. The van der Waals surface area contributed by atoms with Crippen molar-refractivity contribution in [3.05, 3.63) is 65.0 Å². The summed E-state index contributed by atoms with van der Waals surface area (Å²) < 4.78 is 11.7. The number of nitrogens with zero attached hydrogens (tertiary/aromatic N) is 2. The lowest BCUT2D eigenvalue weighted by Crippen LogP contribution is -2.19. The van der Waals surface area contributed by atoms with Gasteiger partial charge in [0.25, 0.3) is 5.56 Å². The van der Waals surface area contributed by atoms with Gasteiger partial charge in [-0.25, -0.2) is 9.48 Å². The van der Waals surface area contributed by atoms with Crippen LogP contribution in [0.3, 0.4) is 0 Å². The molecule has 1 heterocycles. The van der Waals surface area contributed by atoms with Crippen molar-refractivity contribution in [2.24, 2.45) is 7.05 Å². The van der Waals surface area contributed by atoms with Crippen molar-refractivity contribution < 1.29 is 14.3 Å². The van der Waals surface area contributed by atoms with Crippen LogP contribution in [-0.2, 0) is 7.05 Å². The number of amides is 2. The summed E-state index contributed by atoms with van der Waals surface area (Å²) in [5, 5.41) is 9.70. The molecule has 0 saturated carbocycles. The minimum atomic E-state index is -0.389. The quantitative estimate of drug-likeness (QED) is 0.709. The molecule has 0 aliphatic rings. The van der Waals surface area contributed by atoms with Gasteiger partial charge in [0, 0.05) is 36.1 Å². The summed E-state index contributed by atoms with van der Waals surface area (Å²) in [7, 11) is 4.68. The lowest BCUT2D eigenvalue weighted by Gasteiger charge is -2.11. The Labute approximate surface area is 161 Å². The number of ether oxygens (including phenoxy) is 2. The number of benzene rings is 2. The van der Waals surface area contributed by atoms with Crippen molar-refractivity contribution in [2.75, 3.05) is 24.9 Å². The number of urea groups is 1. The number of aromatic nitrogens is 2. The fraction of sp³-hybridized carbons (Fsp3) is 0.150. The van der Waals surface area contributed by atoms with Gasteiger partial charge in [0.05, 0.1) is 19.9 Å². The number of carbonyl (C=O) groups excluding carboxylic acids is 1. The second kappa shape index (κ2) is 8.26. The second-order valence-electron chi connectivity index (χ2n) is 5.91. The molecule has 1 aromatic heterocycles. The largest absolute Gasteiger partial charge is 0.493 e.